The van der Waals surface area contributed by atoms with Gasteiger partial charge in [-0.2, -0.15) is 0 Å². The summed E-state index contributed by atoms with van der Waals surface area (Å²) >= 11 is 1.42. The second-order valence-electron chi connectivity index (χ2n) is 5.30. The van der Waals surface area contributed by atoms with Crippen LogP contribution in [0.4, 0.5) is 10.8 Å². The number of thiazole rings is 1. The van der Waals surface area contributed by atoms with E-state index < -0.39 is 10.0 Å². The van der Waals surface area contributed by atoms with E-state index in [1.807, 2.05) is 13.8 Å². The molecule has 7 heteroatoms. The van der Waals surface area contributed by atoms with Gasteiger partial charge in [0.1, 0.15) is 0 Å². The molecule has 0 spiro atoms. The molecule has 0 fully saturated rings. The second kappa shape index (κ2) is 4.99. The van der Waals surface area contributed by atoms with Crippen LogP contribution in [0.3, 0.4) is 0 Å². The van der Waals surface area contributed by atoms with Crippen molar-refractivity contribution in [1.82, 2.24) is 4.98 Å². The first-order chi connectivity index (χ1) is 9.87. The quantitative estimate of drug-likeness (QED) is 0.850. The van der Waals surface area contributed by atoms with E-state index in [9.17, 15) is 8.42 Å². The highest BCUT2D eigenvalue weighted by atomic mass is 32.2. The van der Waals surface area contributed by atoms with Gasteiger partial charge in [-0.05, 0) is 56.4 Å². The number of nitrogens with zero attached hydrogens (tertiary/aromatic N) is 1. The zero-order chi connectivity index (χ0) is 15.2. The molecule has 5 nitrogen and oxygen atoms in total. The standard InChI is InChI=1S/C14H17N3O2S2/c1-8-6-10(7-11(15)9(8)2)21(18,19)17-14-16-12-4-3-5-13(12)20-14/h6-7H,3-5,15H2,1-2H3,(H,16,17). The minimum absolute atomic E-state index is 0.179. The van der Waals surface area contributed by atoms with Crippen molar-refractivity contribution in [1.29, 1.82) is 0 Å². The van der Waals surface area contributed by atoms with Crippen LogP contribution in [0.15, 0.2) is 17.0 Å². The minimum atomic E-state index is -3.64. The number of aryl methyl sites for hydroxylation is 3. The number of sulfonamides is 1. The van der Waals surface area contributed by atoms with Gasteiger partial charge in [-0.25, -0.2) is 13.4 Å². The van der Waals surface area contributed by atoms with Gasteiger partial charge in [0, 0.05) is 10.6 Å². The summed E-state index contributed by atoms with van der Waals surface area (Å²) in [5.41, 5.74) is 9.14. The Kier molecular flexibility index (Phi) is 3.41. The molecule has 2 aromatic rings. The highest BCUT2D eigenvalue weighted by Gasteiger charge is 2.21. The maximum Gasteiger partial charge on any atom is 0.263 e. The molecule has 1 aliphatic carbocycles. The molecule has 0 aliphatic heterocycles. The first-order valence-corrected chi connectivity index (χ1v) is 9.05. The van der Waals surface area contributed by atoms with Crippen LogP contribution < -0.4 is 10.5 Å². The van der Waals surface area contributed by atoms with Crippen molar-refractivity contribution < 1.29 is 8.42 Å². The third-order valence-electron chi connectivity index (χ3n) is 3.81. The summed E-state index contributed by atoms with van der Waals surface area (Å²) < 4.78 is 27.5. The van der Waals surface area contributed by atoms with Crippen LogP contribution in [0.1, 0.15) is 28.1 Å². The molecular weight excluding hydrogens is 306 g/mol. The zero-order valence-electron chi connectivity index (χ0n) is 11.9. The number of anilines is 2. The van der Waals surface area contributed by atoms with Crippen LogP contribution >= 0.6 is 11.3 Å². The van der Waals surface area contributed by atoms with E-state index in [1.165, 1.54) is 22.3 Å². The summed E-state index contributed by atoms with van der Waals surface area (Å²) in [5, 5.41) is 0.441. The molecule has 21 heavy (non-hydrogen) atoms. The molecular formula is C14H17N3O2S2. The van der Waals surface area contributed by atoms with E-state index in [-0.39, 0.29) is 4.90 Å². The smallest absolute Gasteiger partial charge is 0.263 e. The fraction of sp³-hybridized carbons (Fsp3) is 0.357. The molecule has 0 radical (unpaired) electrons. The molecule has 1 aromatic carbocycles. The molecule has 0 saturated heterocycles. The highest BCUT2D eigenvalue weighted by Crippen LogP contribution is 2.32. The van der Waals surface area contributed by atoms with Crippen molar-refractivity contribution in [2.45, 2.75) is 38.0 Å². The van der Waals surface area contributed by atoms with Crippen LogP contribution in [0.2, 0.25) is 0 Å². The molecule has 0 amide bonds. The summed E-state index contributed by atoms with van der Waals surface area (Å²) in [6.45, 7) is 3.72. The van der Waals surface area contributed by atoms with E-state index in [0.717, 1.165) is 36.1 Å². The lowest BCUT2D eigenvalue weighted by molar-refractivity contribution is 0.601. The molecule has 0 atom stereocenters. The van der Waals surface area contributed by atoms with Crippen molar-refractivity contribution in [3.63, 3.8) is 0 Å². The molecule has 112 valence electrons. The van der Waals surface area contributed by atoms with Gasteiger partial charge in [-0.1, -0.05) is 0 Å². The number of nitrogen functional groups attached to an aromatic ring is 1. The second-order valence-corrected chi connectivity index (χ2v) is 8.07. The average Bonchev–Trinajstić information content (AvgIpc) is 2.95. The summed E-state index contributed by atoms with van der Waals surface area (Å²) in [6.07, 6.45) is 3.03. The molecule has 1 aromatic heterocycles. The maximum absolute atomic E-state index is 12.4. The topological polar surface area (TPSA) is 85.1 Å². The number of fused-ring (bicyclic) bond motifs is 1. The van der Waals surface area contributed by atoms with E-state index in [0.29, 0.717) is 10.8 Å². The van der Waals surface area contributed by atoms with E-state index in [1.54, 1.807) is 6.07 Å². The number of hydrogen-bond acceptors (Lipinski definition) is 5. The van der Waals surface area contributed by atoms with Gasteiger partial charge in [-0.15, -0.1) is 11.3 Å². The van der Waals surface area contributed by atoms with Crippen LogP contribution in [-0.4, -0.2) is 13.4 Å². The third-order valence-corrected chi connectivity index (χ3v) is 6.33. The summed E-state index contributed by atoms with van der Waals surface area (Å²) in [6, 6.07) is 3.13. The third kappa shape index (κ3) is 2.63. The van der Waals surface area contributed by atoms with Crippen LogP contribution in [-0.2, 0) is 22.9 Å². The van der Waals surface area contributed by atoms with Crippen LogP contribution in [0.5, 0.6) is 0 Å². The summed E-state index contributed by atoms with van der Waals surface area (Å²) in [7, 11) is -3.64. The lowest BCUT2D eigenvalue weighted by atomic mass is 10.1. The Bertz CT molecular complexity index is 765. The van der Waals surface area contributed by atoms with Gasteiger partial charge >= 0.3 is 0 Å². The Hall–Kier alpha value is -1.60. The van der Waals surface area contributed by atoms with Gasteiger partial charge in [0.25, 0.3) is 10.0 Å². The average molecular weight is 323 g/mol. The Morgan fingerprint density at radius 2 is 2.05 bits per heavy atom. The minimum Gasteiger partial charge on any atom is -0.398 e. The molecule has 0 bridgehead atoms. The number of nitrogens with two attached hydrogens (primary N) is 1. The van der Waals surface area contributed by atoms with Gasteiger partial charge in [0.2, 0.25) is 0 Å². The fourth-order valence-corrected chi connectivity index (χ4v) is 4.82. The molecule has 1 heterocycles. The van der Waals surface area contributed by atoms with Crippen molar-refractivity contribution in [2.75, 3.05) is 10.5 Å². The van der Waals surface area contributed by atoms with E-state index in [4.69, 9.17) is 5.73 Å². The first kappa shape index (κ1) is 14.3. The maximum atomic E-state index is 12.4. The highest BCUT2D eigenvalue weighted by molar-refractivity contribution is 7.93. The van der Waals surface area contributed by atoms with E-state index in [2.05, 4.69) is 9.71 Å². The predicted octanol–water partition coefficient (Wildman–Crippen LogP) is 2.63. The Labute approximate surface area is 128 Å². The summed E-state index contributed by atoms with van der Waals surface area (Å²) in [5.74, 6) is 0. The molecule has 1 aliphatic rings. The number of aromatic nitrogens is 1. The van der Waals surface area contributed by atoms with Crippen molar-refractivity contribution in [3.05, 3.63) is 33.8 Å². The number of hydrogen-bond donors (Lipinski definition) is 2. The van der Waals surface area contributed by atoms with Crippen LogP contribution in [0, 0.1) is 13.8 Å². The number of benzene rings is 1. The van der Waals surface area contributed by atoms with Crippen molar-refractivity contribution in [3.8, 4) is 0 Å². The fourth-order valence-electron chi connectivity index (χ4n) is 2.42. The number of rotatable bonds is 3. The lowest BCUT2D eigenvalue weighted by Gasteiger charge is -2.10. The molecule has 0 saturated carbocycles. The monoisotopic (exact) mass is 323 g/mol. The van der Waals surface area contributed by atoms with Crippen molar-refractivity contribution >= 4 is 32.2 Å². The predicted molar refractivity (Wildman–Crippen MR) is 85.3 cm³/mol. The normalized spacial score (nSPS) is 14.2. The molecule has 3 N–H and O–H groups in total. The molecule has 0 unspecified atom stereocenters. The van der Waals surface area contributed by atoms with Gasteiger partial charge < -0.3 is 5.73 Å². The SMILES string of the molecule is Cc1cc(S(=O)(=O)Nc2nc3c(s2)CCC3)cc(N)c1C. The van der Waals surface area contributed by atoms with Gasteiger partial charge in [0.05, 0.1) is 10.6 Å². The Balaban J connectivity index is 1.93. The zero-order valence-corrected chi connectivity index (χ0v) is 13.6. The first-order valence-electron chi connectivity index (χ1n) is 6.75. The van der Waals surface area contributed by atoms with E-state index >= 15 is 0 Å². The summed E-state index contributed by atoms with van der Waals surface area (Å²) in [4.78, 5) is 5.73. The van der Waals surface area contributed by atoms with Gasteiger partial charge in [0.15, 0.2) is 5.13 Å². The molecule has 3 rings (SSSR count). The van der Waals surface area contributed by atoms with Crippen molar-refractivity contribution in [2.24, 2.45) is 0 Å². The van der Waals surface area contributed by atoms with Crippen LogP contribution in [0.25, 0.3) is 0 Å². The lowest BCUT2D eigenvalue weighted by Crippen LogP contribution is -2.14. The Morgan fingerprint density at radius 3 is 2.71 bits per heavy atom. The Morgan fingerprint density at radius 1 is 1.29 bits per heavy atom. The number of nitrogens with one attached hydrogen (secondary N) is 1. The largest absolute Gasteiger partial charge is 0.398 e. The van der Waals surface area contributed by atoms with Gasteiger partial charge in [-0.3, -0.25) is 4.72 Å².